The first-order valence-electron chi connectivity index (χ1n) is 7.81. The van der Waals surface area contributed by atoms with E-state index in [1.807, 2.05) is 36.2 Å². The highest BCUT2D eigenvalue weighted by Crippen LogP contribution is 2.23. The van der Waals surface area contributed by atoms with E-state index >= 15 is 0 Å². The van der Waals surface area contributed by atoms with Crippen LogP contribution in [0.5, 0.6) is 0 Å². The Morgan fingerprint density at radius 1 is 1.25 bits per heavy atom. The summed E-state index contributed by atoms with van der Waals surface area (Å²) in [6.45, 7) is 4.07. The van der Waals surface area contributed by atoms with Gasteiger partial charge in [-0.15, -0.1) is 0 Å². The highest BCUT2D eigenvalue weighted by Gasteiger charge is 2.21. The predicted molar refractivity (Wildman–Crippen MR) is 84.1 cm³/mol. The topological polar surface area (TPSA) is 32.3 Å². The zero-order valence-electron chi connectivity index (χ0n) is 12.7. The molecule has 20 heavy (non-hydrogen) atoms. The summed E-state index contributed by atoms with van der Waals surface area (Å²) in [5.74, 6) is 0.995. The van der Waals surface area contributed by atoms with Crippen LogP contribution in [0, 0.1) is 5.92 Å². The van der Waals surface area contributed by atoms with Crippen molar-refractivity contribution < 1.29 is 4.79 Å². The Balaban J connectivity index is 1.97. The van der Waals surface area contributed by atoms with Crippen molar-refractivity contribution in [3.05, 3.63) is 29.8 Å². The van der Waals surface area contributed by atoms with Crippen molar-refractivity contribution in [2.24, 2.45) is 5.92 Å². The average molecular weight is 274 g/mol. The number of rotatable bonds is 4. The van der Waals surface area contributed by atoms with Crippen LogP contribution in [-0.4, -0.2) is 30.9 Å². The van der Waals surface area contributed by atoms with Gasteiger partial charge in [-0.3, -0.25) is 4.79 Å². The van der Waals surface area contributed by atoms with Crippen LogP contribution in [0.2, 0.25) is 0 Å². The van der Waals surface area contributed by atoms with Gasteiger partial charge < -0.3 is 10.2 Å². The van der Waals surface area contributed by atoms with Crippen molar-refractivity contribution in [2.75, 3.05) is 25.5 Å². The molecule has 0 spiro atoms. The minimum absolute atomic E-state index is 0.185. The van der Waals surface area contributed by atoms with E-state index in [0.29, 0.717) is 0 Å². The lowest BCUT2D eigenvalue weighted by Crippen LogP contribution is -2.32. The highest BCUT2D eigenvalue weighted by molar-refractivity contribution is 5.94. The fourth-order valence-electron chi connectivity index (χ4n) is 3.03. The van der Waals surface area contributed by atoms with Gasteiger partial charge in [0.2, 0.25) is 0 Å². The van der Waals surface area contributed by atoms with Gasteiger partial charge in [-0.2, -0.15) is 0 Å². The SMILES string of the molecule is CCCC1CCCN(C(=O)c2ccc(NC)cc2)CC1. The Hall–Kier alpha value is -1.51. The lowest BCUT2D eigenvalue weighted by molar-refractivity contribution is 0.0760. The van der Waals surface area contributed by atoms with Crippen LogP contribution in [0.1, 0.15) is 49.4 Å². The lowest BCUT2D eigenvalue weighted by atomic mass is 9.96. The minimum Gasteiger partial charge on any atom is -0.388 e. The van der Waals surface area contributed by atoms with E-state index in [9.17, 15) is 4.79 Å². The molecule has 110 valence electrons. The monoisotopic (exact) mass is 274 g/mol. The molecule has 1 atom stereocenters. The van der Waals surface area contributed by atoms with E-state index in [2.05, 4.69) is 12.2 Å². The summed E-state index contributed by atoms with van der Waals surface area (Å²) in [5, 5.41) is 3.08. The molecule has 0 aromatic heterocycles. The zero-order chi connectivity index (χ0) is 14.4. The summed E-state index contributed by atoms with van der Waals surface area (Å²) < 4.78 is 0. The summed E-state index contributed by atoms with van der Waals surface area (Å²) in [7, 11) is 1.89. The first kappa shape index (κ1) is 14.9. The molecule has 1 saturated heterocycles. The molecule has 1 fully saturated rings. The highest BCUT2D eigenvalue weighted by atomic mass is 16.2. The molecule has 1 aromatic rings. The molecular weight excluding hydrogens is 248 g/mol. The molecule has 1 aromatic carbocycles. The Bertz CT molecular complexity index is 427. The maximum Gasteiger partial charge on any atom is 0.253 e. The number of anilines is 1. The summed E-state index contributed by atoms with van der Waals surface area (Å²) >= 11 is 0. The second-order valence-corrected chi connectivity index (χ2v) is 5.71. The van der Waals surface area contributed by atoms with E-state index in [1.54, 1.807) is 0 Å². The lowest BCUT2D eigenvalue weighted by Gasteiger charge is -2.21. The number of benzene rings is 1. The van der Waals surface area contributed by atoms with E-state index in [4.69, 9.17) is 0 Å². The van der Waals surface area contributed by atoms with Crippen molar-refractivity contribution in [1.82, 2.24) is 4.90 Å². The average Bonchev–Trinajstić information content (AvgIpc) is 2.73. The van der Waals surface area contributed by atoms with E-state index < -0.39 is 0 Å². The molecule has 1 unspecified atom stereocenters. The number of carbonyl (C=O) groups is 1. The van der Waals surface area contributed by atoms with Crippen LogP contribution in [-0.2, 0) is 0 Å². The number of carbonyl (C=O) groups excluding carboxylic acids is 1. The Morgan fingerprint density at radius 3 is 2.65 bits per heavy atom. The van der Waals surface area contributed by atoms with Gasteiger partial charge in [0.05, 0.1) is 0 Å². The Kier molecular flexibility index (Phi) is 5.45. The van der Waals surface area contributed by atoms with Gasteiger partial charge in [-0.25, -0.2) is 0 Å². The van der Waals surface area contributed by atoms with Crippen molar-refractivity contribution in [3.8, 4) is 0 Å². The molecule has 0 radical (unpaired) electrons. The third-order valence-electron chi connectivity index (χ3n) is 4.25. The third kappa shape index (κ3) is 3.75. The molecule has 1 amide bonds. The Morgan fingerprint density at radius 2 is 2.00 bits per heavy atom. The number of likely N-dealkylation sites (tertiary alicyclic amines) is 1. The van der Waals surface area contributed by atoms with Crippen LogP contribution in [0.15, 0.2) is 24.3 Å². The molecule has 1 heterocycles. The quantitative estimate of drug-likeness (QED) is 0.906. The summed E-state index contributed by atoms with van der Waals surface area (Å²) in [6.07, 6.45) is 6.14. The zero-order valence-corrected chi connectivity index (χ0v) is 12.7. The van der Waals surface area contributed by atoms with Crippen LogP contribution in [0.25, 0.3) is 0 Å². The number of hydrogen-bond donors (Lipinski definition) is 1. The van der Waals surface area contributed by atoms with Gasteiger partial charge in [-0.05, 0) is 49.4 Å². The fraction of sp³-hybridized carbons (Fsp3) is 0.588. The van der Waals surface area contributed by atoms with Crippen LogP contribution < -0.4 is 5.32 Å². The molecule has 3 nitrogen and oxygen atoms in total. The fourth-order valence-corrected chi connectivity index (χ4v) is 3.03. The van der Waals surface area contributed by atoms with Gasteiger partial charge in [0.15, 0.2) is 0 Å². The molecule has 1 N–H and O–H groups in total. The molecule has 0 bridgehead atoms. The van der Waals surface area contributed by atoms with Crippen molar-refractivity contribution >= 4 is 11.6 Å². The van der Waals surface area contributed by atoms with Gasteiger partial charge in [0.25, 0.3) is 5.91 Å². The normalized spacial score (nSPS) is 19.5. The third-order valence-corrected chi connectivity index (χ3v) is 4.25. The molecule has 2 rings (SSSR count). The van der Waals surface area contributed by atoms with Crippen molar-refractivity contribution in [3.63, 3.8) is 0 Å². The van der Waals surface area contributed by atoms with Crippen LogP contribution in [0.4, 0.5) is 5.69 Å². The second kappa shape index (κ2) is 7.32. The van der Waals surface area contributed by atoms with E-state index in [0.717, 1.165) is 43.1 Å². The Labute approximate surface area is 122 Å². The molecule has 0 aliphatic carbocycles. The van der Waals surface area contributed by atoms with E-state index in [-0.39, 0.29) is 5.91 Å². The van der Waals surface area contributed by atoms with Gasteiger partial charge in [0, 0.05) is 31.4 Å². The molecule has 3 heteroatoms. The molecule has 1 aliphatic heterocycles. The van der Waals surface area contributed by atoms with Gasteiger partial charge in [-0.1, -0.05) is 19.8 Å². The number of nitrogens with zero attached hydrogens (tertiary/aromatic N) is 1. The summed E-state index contributed by atoms with van der Waals surface area (Å²) in [5.41, 5.74) is 1.85. The first-order chi connectivity index (χ1) is 9.74. The first-order valence-corrected chi connectivity index (χ1v) is 7.81. The van der Waals surface area contributed by atoms with Gasteiger partial charge >= 0.3 is 0 Å². The van der Waals surface area contributed by atoms with Crippen molar-refractivity contribution in [1.29, 1.82) is 0 Å². The largest absolute Gasteiger partial charge is 0.388 e. The minimum atomic E-state index is 0.185. The predicted octanol–water partition coefficient (Wildman–Crippen LogP) is 3.77. The standard InChI is InChI=1S/C17H26N2O/c1-3-5-14-6-4-12-19(13-11-14)17(20)15-7-9-16(18-2)10-8-15/h7-10,14,18H,3-6,11-13H2,1-2H3. The maximum atomic E-state index is 12.5. The van der Waals surface area contributed by atoms with Crippen molar-refractivity contribution in [2.45, 2.75) is 39.0 Å². The summed E-state index contributed by atoms with van der Waals surface area (Å²) in [4.78, 5) is 14.6. The number of amides is 1. The molecule has 1 aliphatic rings. The second-order valence-electron chi connectivity index (χ2n) is 5.71. The van der Waals surface area contributed by atoms with E-state index in [1.165, 1.54) is 19.3 Å². The smallest absolute Gasteiger partial charge is 0.253 e. The summed E-state index contributed by atoms with van der Waals surface area (Å²) in [6, 6.07) is 7.76. The van der Waals surface area contributed by atoms with Crippen LogP contribution in [0.3, 0.4) is 0 Å². The van der Waals surface area contributed by atoms with Gasteiger partial charge in [0.1, 0.15) is 0 Å². The number of hydrogen-bond acceptors (Lipinski definition) is 2. The number of nitrogens with one attached hydrogen (secondary N) is 1. The van der Waals surface area contributed by atoms with Crippen LogP contribution >= 0.6 is 0 Å². The molecular formula is C17H26N2O. The maximum absolute atomic E-state index is 12.5. The molecule has 0 saturated carbocycles.